The second kappa shape index (κ2) is 5.32. The van der Waals surface area contributed by atoms with Crippen LogP contribution in [0.3, 0.4) is 0 Å². The fraction of sp³-hybridized carbons (Fsp3) is 0.900. The smallest absolute Gasteiger partial charge is 0.304 e. The monoisotopic (exact) mass is 201 g/mol. The Kier molecular flexibility index (Phi) is 4.35. The molecule has 0 aromatic carbocycles. The number of likely N-dealkylation sites (tertiary alicyclic amines) is 1. The Labute approximate surface area is 84.5 Å². The van der Waals surface area contributed by atoms with Crippen LogP contribution in [0.5, 0.6) is 0 Å². The van der Waals surface area contributed by atoms with Gasteiger partial charge in [0.15, 0.2) is 0 Å². The minimum Gasteiger partial charge on any atom is -0.481 e. The number of rotatable bonds is 4. The molecule has 82 valence electrons. The standard InChI is InChI=1S/C10H19NO3/c1-8(6-10(13)14)11-4-2-9(7-12)3-5-11/h8-9,12H,2-7H2,1H3,(H,13,14). The van der Waals surface area contributed by atoms with Gasteiger partial charge in [0, 0.05) is 12.6 Å². The zero-order valence-electron chi connectivity index (χ0n) is 8.65. The van der Waals surface area contributed by atoms with Gasteiger partial charge in [0.2, 0.25) is 0 Å². The van der Waals surface area contributed by atoms with E-state index in [1.54, 1.807) is 0 Å². The SMILES string of the molecule is CC(CC(=O)O)N1CCC(CO)CC1. The number of carbonyl (C=O) groups is 1. The molecule has 1 atom stereocenters. The van der Waals surface area contributed by atoms with E-state index in [1.807, 2.05) is 6.92 Å². The van der Waals surface area contributed by atoms with E-state index in [2.05, 4.69) is 4.90 Å². The van der Waals surface area contributed by atoms with E-state index in [-0.39, 0.29) is 19.1 Å². The van der Waals surface area contributed by atoms with Crippen LogP contribution < -0.4 is 0 Å². The number of hydrogen-bond donors (Lipinski definition) is 2. The van der Waals surface area contributed by atoms with Gasteiger partial charge in [-0.2, -0.15) is 0 Å². The van der Waals surface area contributed by atoms with Gasteiger partial charge in [-0.3, -0.25) is 4.79 Å². The summed E-state index contributed by atoms with van der Waals surface area (Å²) in [6.45, 7) is 4.05. The van der Waals surface area contributed by atoms with Crippen LogP contribution in [0.15, 0.2) is 0 Å². The lowest BCUT2D eigenvalue weighted by Crippen LogP contribution is -2.41. The van der Waals surface area contributed by atoms with Crippen molar-refractivity contribution in [2.75, 3.05) is 19.7 Å². The lowest BCUT2D eigenvalue weighted by molar-refractivity contribution is -0.138. The van der Waals surface area contributed by atoms with E-state index in [1.165, 1.54) is 0 Å². The second-order valence-electron chi connectivity index (χ2n) is 4.11. The number of aliphatic hydroxyl groups is 1. The molecule has 1 aliphatic rings. The van der Waals surface area contributed by atoms with Crippen LogP contribution in [0.25, 0.3) is 0 Å². The largest absolute Gasteiger partial charge is 0.481 e. The van der Waals surface area contributed by atoms with Crippen molar-refractivity contribution in [3.63, 3.8) is 0 Å². The molecule has 0 spiro atoms. The van der Waals surface area contributed by atoms with E-state index in [4.69, 9.17) is 10.2 Å². The topological polar surface area (TPSA) is 60.8 Å². The number of hydrogen-bond acceptors (Lipinski definition) is 3. The van der Waals surface area contributed by atoms with Crippen molar-refractivity contribution in [1.29, 1.82) is 0 Å². The summed E-state index contributed by atoms with van der Waals surface area (Å²) in [6.07, 6.45) is 2.19. The van der Waals surface area contributed by atoms with Crippen molar-refractivity contribution in [2.45, 2.75) is 32.2 Å². The van der Waals surface area contributed by atoms with Gasteiger partial charge in [0.25, 0.3) is 0 Å². The molecule has 1 heterocycles. The van der Waals surface area contributed by atoms with Crippen LogP contribution in [0, 0.1) is 5.92 Å². The molecule has 1 aliphatic heterocycles. The maximum atomic E-state index is 10.5. The fourth-order valence-corrected chi connectivity index (χ4v) is 1.96. The van der Waals surface area contributed by atoms with E-state index in [0.717, 1.165) is 25.9 Å². The summed E-state index contributed by atoms with van der Waals surface area (Å²) >= 11 is 0. The van der Waals surface area contributed by atoms with Crippen LogP contribution in [0.4, 0.5) is 0 Å². The molecular formula is C10H19NO3. The molecule has 0 bridgehead atoms. The Balaban J connectivity index is 2.30. The van der Waals surface area contributed by atoms with Crippen LogP contribution in [0.1, 0.15) is 26.2 Å². The summed E-state index contributed by atoms with van der Waals surface area (Å²) in [6, 6.07) is 0.118. The van der Waals surface area contributed by atoms with Gasteiger partial charge in [0.1, 0.15) is 0 Å². The number of aliphatic carboxylic acids is 1. The fourth-order valence-electron chi connectivity index (χ4n) is 1.96. The molecule has 1 rings (SSSR count). The summed E-state index contributed by atoms with van der Waals surface area (Å²) < 4.78 is 0. The minimum absolute atomic E-state index is 0.118. The lowest BCUT2D eigenvalue weighted by Gasteiger charge is -2.34. The Morgan fingerprint density at radius 2 is 2.07 bits per heavy atom. The van der Waals surface area contributed by atoms with E-state index in [0.29, 0.717) is 5.92 Å². The highest BCUT2D eigenvalue weighted by molar-refractivity contribution is 5.67. The first kappa shape index (κ1) is 11.5. The molecular weight excluding hydrogens is 182 g/mol. The highest BCUT2D eigenvalue weighted by Crippen LogP contribution is 2.19. The molecule has 1 fully saturated rings. The molecule has 0 aliphatic carbocycles. The van der Waals surface area contributed by atoms with Gasteiger partial charge in [-0.05, 0) is 38.8 Å². The third-order valence-corrected chi connectivity index (χ3v) is 3.00. The molecule has 4 heteroatoms. The van der Waals surface area contributed by atoms with Crippen molar-refractivity contribution in [3.05, 3.63) is 0 Å². The third kappa shape index (κ3) is 3.27. The van der Waals surface area contributed by atoms with Crippen LogP contribution in [0.2, 0.25) is 0 Å². The van der Waals surface area contributed by atoms with E-state index < -0.39 is 5.97 Å². The van der Waals surface area contributed by atoms with Crippen LogP contribution in [-0.2, 0) is 4.79 Å². The van der Waals surface area contributed by atoms with Crippen molar-refractivity contribution >= 4 is 5.97 Å². The Bertz CT molecular complexity index is 188. The summed E-state index contributed by atoms with van der Waals surface area (Å²) in [5.41, 5.74) is 0. The lowest BCUT2D eigenvalue weighted by atomic mass is 9.96. The van der Waals surface area contributed by atoms with Gasteiger partial charge in [-0.1, -0.05) is 0 Å². The molecule has 1 saturated heterocycles. The number of piperidine rings is 1. The first-order valence-electron chi connectivity index (χ1n) is 5.20. The summed E-state index contributed by atoms with van der Waals surface area (Å²) in [7, 11) is 0. The molecule has 4 nitrogen and oxygen atoms in total. The zero-order valence-corrected chi connectivity index (χ0v) is 8.65. The third-order valence-electron chi connectivity index (χ3n) is 3.00. The van der Waals surface area contributed by atoms with Crippen LogP contribution >= 0.6 is 0 Å². The van der Waals surface area contributed by atoms with Gasteiger partial charge in [0.05, 0.1) is 6.42 Å². The minimum atomic E-state index is -0.734. The summed E-state index contributed by atoms with van der Waals surface area (Å²) in [5.74, 6) is -0.315. The molecule has 1 unspecified atom stereocenters. The molecule has 0 aromatic rings. The predicted molar refractivity (Wildman–Crippen MR) is 53.1 cm³/mol. The quantitative estimate of drug-likeness (QED) is 0.697. The average Bonchev–Trinajstić information content (AvgIpc) is 2.17. The molecule has 0 aromatic heterocycles. The van der Waals surface area contributed by atoms with Gasteiger partial charge in [-0.25, -0.2) is 0 Å². The predicted octanol–water partition coefficient (Wildman–Crippen LogP) is 0.554. The summed E-state index contributed by atoms with van der Waals surface area (Å²) in [5, 5.41) is 17.6. The Hall–Kier alpha value is -0.610. The van der Waals surface area contributed by atoms with Crippen molar-refractivity contribution in [1.82, 2.24) is 4.90 Å². The maximum absolute atomic E-state index is 10.5. The van der Waals surface area contributed by atoms with Crippen molar-refractivity contribution < 1.29 is 15.0 Å². The zero-order chi connectivity index (χ0) is 10.6. The molecule has 2 N–H and O–H groups in total. The normalized spacial score (nSPS) is 22.1. The van der Waals surface area contributed by atoms with Crippen molar-refractivity contribution in [2.24, 2.45) is 5.92 Å². The first-order chi connectivity index (χ1) is 6.63. The van der Waals surface area contributed by atoms with Crippen molar-refractivity contribution in [3.8, 4) is 0 Å². The highest BCUT2D eigenvalue weighted by Gasteiger charge is 2.23. The van der Waals surface area contributed by atoms with E-state index >= 15 is 0 Å². The molecule has 0 saturated carbocycles. The van der Waals surface area contributed by atoms with E-state index in [9.17, 15) is 4.79 Å². The van der Waals surface area contributed by atoms with Crippen LogP contribution in [-0.4, -0.2) is 46.8 Å². The maximum Gasteiger partial charge on any atom is 0.304 e. The number of aliphatic hydroxyl groups excluding tert-OH is 1. The molecule has 0 radical (unpaired) electrons. The van der Waals surface area contributed by atoms with Gasteiger partial charge in [-0.15, -0.1) is 0 Å². The molecule has 14 heavy (non-hydrogen) atoms. The first-order valence-corrected chi connectivity index (χ1v) is 5.20. The summed E-state index contributed by atoms with van der Waals surface area (Å²) in [4.78, 5) is 12.7. The average molecular weight is 201 g/mol. The number of carboxylic acids is 1. The highest BCUT2D eigenvalue weighted by atomic mass is 16.4. The van der Waals surface area contributed by atoms with Gasteiger partial charge < -0.3 is 15.1 Å². The number of nitrogens with zero attached hydrogens (tertiary/aromatic N) is 1. The Morgan fingerprint density at radius 1 is 1.50 bits per heavy atom. The van der Waals surface area contributed by atoms with Gasteiger partial charge >= 0.3 is 5.97 Å². The Morgan fingerprint density at radius 3 is 2.50 bits per heavy atom. The second-order valence-corrected chi connectivity index (χ2v) is 4.11. The number of carboxylic acid groups (broad SMARTS) is 1. The molecule has 0 amide bonds.